The van der Waals surface area contributed by atoms with Gasteiger partial charge >= 0.3 is 0 Å². The minimum Gasteiger partial charge on any atom is -0.349 e. The quantitative estimate of drug-likeness (QED) is 0.838. The lowest BCUT2D eigenvalue weighted by Crippen LogP contribution is -2.37. The first-order valence-electron chi connectivity index (χ1n) is 6.83. The first-order valence-corrected chi connectivity index (χ1v) is 8.75. The summed E-state index contributed by atoms with van der Waals surface area (Å²) in [5.41, 5.74) is 0.185. The topological polar surface area (TPSA) is 89.3 Å². The van der Waals surface area contributed by atoms with Gasteiger partial charge in [-0.3, -0.25) is 4.79 Å². The fraction of sp³-hybridized carbons (Fsp3) is 0.500. The Balaban J connectivity index is 3.01. The van der Waals surface area contributed by atoms with Crippen LogP contribution in [0, 0.1) is 5.92 Å². The molecule has 0 fully saturated rings. The summed E-state index contributed by atoms with van der Waals surface area (Å²) in [6.45, 7) is 6.06. The van der Waals surface area contributed by atoms with Crippen molar-refractivity contribution in [3.8, 4) is 0 Å². The van der Waals surface area contributed by atoms with Crippen molar-refractivity contribution in [2.75, 3.05) is 0 Å². The van der Waals surface area contributed by atoms with Crippen LogP contribution in [-0.2, 0) is 10.0 Å². The van der Waals surface area contributed by atoms with Crippen LogP contribution in [-0.4, -0.2) is 20.4 Å². The molecule has 1 rings (SSSR count). The lowest BCUT2D eigenvalue weighted by molar-refractivity contribution is 0.0925. The van der Waals surface area contributed by atoms with Gasteiger partial charge in [0.2, 0.25) is 10.0 Å². The second-order valence-corrected chi connectivity index (χ2v) is 7.06. The molecule has 0 radical (unpaired) electrons. The number of hydrogen-bond donors (Lipinski definition) is 2. The molecule has 0 saturated heterocycles. The largest absolute Gasteiger partial charge is 0.349 e. The van der Waals surface area contributed by atoms with E-state index in [0.717, 1.165) is 12.8 Å². The summed E-state index contributed by atoms with van der Waals surface area (Å²) in [6, 6.07) is 3.86. The van der Waals surface area contributed by atoms with Gasteiger partial charge in [0.05, 0.1) is 4.90 Å². The van der Waals surface area contributed by atoms with E-state index in [4.69, 9.17) is 16.7 Å². The van der Waals surface area contributed by atoms with Crippen LogP contribution in [0.2, 0.25) is 5.02 Å². The third-order valence-electron chi connectivity index (χ3n) is 3.58. The average Bonchev–Trinajstić information content (AvgIpc) is 2.38. The van der Waals surface area contributed by atoms with Crippen molar-refractivity contribution in [1.29, 1.82) is 0 Å². The third-order valence-corrected chi connectivity index (χ3v) is 4.69. The van der Waals surface area contributed by atoms with Crippen LogP contribution in [0.5, 0.6) is 0 Å². The number of rotatable bonds is 6. The Kier molecular flexibility index (Phi) is 6.19. The van der Waals surface area contributed by atoms with Crippen LogP contribution in [0.1, 0.15) is 44.0 Å². The molecule has 1 atom stereocenters. The zero-order chi connectivity index (χ0) is 16.2. The zero-order valence-electron chi connectivity index (χ0n) is 12.4. The van der Waals surface area contributed by atoms with Crippen molar-refractivity contribution < 1.29 is 13.2 Å². The van der Waals surface area contributed by atoms with Gasteiger partial charge in [-0.15, -0.1) is 0 Å². The summed E-state index contributed by atoms with van der Waals surface area (Å²) in [6.07, 6.45) is 1.91. The van der Waals surface area contributed by atoms with Gasteiger partial charge in [-0.2, -0.15) is 0 Å². The fourth-order valence-electron chi connectivity index (χ4n) is 2.26. The Bertz CT molecular complexity index is 613. The predicted molar refractivity (Wildman–Crippen MR) is 83.8 cm³/mol. The van der Waals surface area contributed by atoms with E-state index in [1.807, 2.05) is 6.92 Å². The molecule has 0 aliphatic carbocycles. The van der Waals surface area contributed by atoms with E-state index in [9.17, 15) is 13.2 Å². The smallest absolute Gasteiger partial charge is 0.251 e. The van der Waals surface area contributed by atoms with Crippen molar-refractivity contribution in [2.24, 2.45) is 11.1 Å². The van der Waals surface area contributed by atoms with Crippen molar-refractivity contribution in [2.45, 2.75) is 44.6 Å². The van der Waals surface area contributed by atoms with E-state index in [1.54, 1.807) is 0 Å². The SMILES string of the molecule is CCC(CC)C(C)NC(=O)c1cc(Cl)cc(S(N)(=O)=O)c1. The van der Waals surface area contributed by atoms with Crippen molar-refractivity contribution >= 4 is 27.5 Å². The normalized spacial score (nSPS) is 13.2. The molecule has 3 N–H and O–H groups in total. The summed E-state index contributed by atoms with van der Waals surface area (Å²) in [7, 11) is -3.90. The van der Waals surface area contributed by atoms with E-state index >= 15 is 0 Å². The highest BCUT2D eigenvalue weighted by Gasteiger charge is 2.19. The van der Waals surface area contributed by atoms with Gasteiger partial charge in [-0.1, -0.05) is 38.3 Å². The van der Waals surface area contributed by atoms with Crippen LogP contribution >= 0.6 is 11.6 Å². The Morgan fingerprint density at radius 3 is 2.33 bits per heavy atom. The maximum atomic E-state index is 12.2. The number of sulfonamides is 1. The van der Waals surface area contributed by atoms with Gasteiger partial charge < -0.3 is 5.32 Å². The maximum Gasteiger partial charge on any atom is 0.251 e. The highest BCUT2D eigenvalue weighted by molar-refractivity contribution is 7.89. The second-order valence-electron chi connectivity index (χ2n) is 5.06. The molecular formula is C14H21ClN2O3S. The average molecular weight is 333 g/mol. The standard InChI is InChI=1S/C14H21ClN2O3S/c1-4-10(5-2)9(3)17-14(18)11-6-12(15)8-13(7-11)21(16,19)20/h6-10H,4-5H2,1-3H3,(H,17,18)(H2,16,19,20). The minimum absolute atomic E-state index is 0.00980. The van der Waals surface area contributed by atoms with Gasteiger partial charge in [0, 0.05) is 16.6 Å². The van der Waals surface area contributed by atoms with E-state index in [-0.39, 0.29) is 27.4 Å². The Morgan fingerprint density at radius 2 is 1.86 bits per heavy atom. The molecule has 0 spiro atoms. The predicted octanol–water partition coefficient (Wildman–Crippen LogP) is 2.54. The van der Waals surface area contributed by atoms with Gasteiger partial charge in [0.25, 0.3) is 5.91 Å². The molecule has 0 aromatic heterocycles. The number of carbonyl (C=O) groups excluding carboxylic acids is 1. The molecule has 118 valence electrons. The molecule has 0 bridgehead atoms. The number of carbonyl (C=O) groups is 1. The number of primary sulfonamides is 1. The Hall–Kier alpha value is -1.11. The molecule has 1 amide bonds. The van der Waals surface area contributed by atoms with E-state index in [0.29, 0.717) is 5.92 Å². The monoisotopic (exact) mass is 332 g/mol. The van der Waals surface area contributed by atoms with Crippen molar-refractivity contribution in [3.63, 3.8) is 0 Å². The van der Waals surface area contributed by atoms with Gasteiger partial charge in [-0.25, -0.2) is 13.6 Å². The van der Waals surface area contributed by atoms with Gasteiger partial charge in [0.15, 0.2) is 0 Å². The lowest BCUT2D eigenvalue weighted by Gasteiger charge is -2.22. The van der Waals surface area contributed by atoms with Crippen LogP contribution in [0.3, 0.4) is 0 Å². The summed E-state index contributed by atoms with van der Waals surface area (Å²) >= 11 is 5.85. The molecule has 5 nitrogen and oxygen atoms in total. The van der Waals surface area contributed by atoms with Crippen molar-refractivity contribution in [1.82, 2.24) is 5.32 Å². The highest BCUT2D eigenvalue weighted by Crippen LogP contribution is 2.19. The number of benzene rings is 1. The molecule has 21 heavy (non-hydrogen) atoms. The number of nitrogens with one attached hydrogen (secondary N) is 1. The summed E-state index contributed by atoms with van der Waals surface area (Å²) in [4.78, 5) is 12.0. The zero-order valence-corrected chi connectivity index (χ0v) is 14.0. The first-order chi connectivity index (χ1) is 9.68. The molecule has 1 aromatic rings. The summed E-state index contributed by atoms with van der Waals surface area (Å²) in [5.74, 6) is 0.00708. The molecule has 1 aromatic carbocycles. The van der Waals surface area contributed by atoms with Crippen LogP contribution in [0.25, 0.3) is 0 Å². The fourth-order valence-corrected chi connectivity index (χ4v) is 3.14. The van der Waals surface area contributed by atoms with Crippen LogP contribution in [0.15, 0.2) is 23.1 Å². The molecular weight excluding hydrogens is 312 g/mol. The Morgan fingerprint density at radius 1 is 1.29 bits per heavy atom. The first kappa shape index (κ1) is 17.9. The number of hydrogen-bond acceptors (Lipinski definition) is 3. The van der Waals surface area contributed by atoms with E-state index in [2.05, 4.69) is 19.2 Å². The molecule has 0 saturated carbocycles. The molecule has 0 heterocycles. The van der Waals surface area contributed by atoms with E-state index < -0.39 is 10.0 Å². The molecule has 0 aliphatic heterocycles. The molecule has 0 aliphatic rings. The summed E-state index contributed by atoms with van der Waals surface area (Å²) in [5, 5.41) is 8.09. The minimum atomic E-state index is -3.90. The highest BCUT2D eigenvalue weighted by atomic mass is 35.5. The second kappa shape index (κ2) is 7.24. The third kappa shape index (κ3) is 4.98. The number of amides is 1. The van der Waals surface area contributed by atoms with Crippen molar-refractivity contribution in [3.05, 3.63) is 28.8 Å². The van der Waals surface area contributed by atoms with Crippen LogP contribution in [0.4, 0.5) is 0 Å². The summed E-state index contributed by atoms with van der Waals surface area (Å²) < 4.78 is 22.7. The van der Waals surface area contributed by atoms with Gasteiger partial charge in [0.1, 0.15) is 0 Å². The van der Waals surface area contributed by atoms with E-state index in [1.165, 1.54) is 18.2 Å². The lowest BCUT2D eigenvalue weighted by atomic mass is 9.95. The number of halogens is 1. The maximum absolute atomic E-state index is 12.2. The molecule has 1 unspecified atom stereocenters. The molecule has 7 heteroatoms. The Labute approximate surface area is 130 Å². The van der Waals surface area contributed by atoms with Gasteiger partial charge in [-0.05, 0) is 31.0 Å². The van der Waals surface area contributed by atoms with Crippen LogP contribution < -0.4 is 10.5 Å². The number of nitrogens with two attached hydrogens (primary N) is 1.